The van der Waals surface area contributed by atoms with Crippen LogP contribution in [0.25, 0.3) is 6.08 Å². The van der Waals surface area contributed by atoms with Crippen molar-refractivity contribution >= 4 is 52.5 Å². The van der Waals surface area contributed by atoms with Gasteiger partial charge in [0.2, 0.25) is 0 Å². The van der Waals surface area contributed by atoms with Crippen molar-refractivity contribution in [2.24, 2.45) is 5.73 Å². The number of hydrogen-bond donors (Lipinski definition) is 1. The maximum Gasteiger partial charge on any atom is 0.338 e. The fourth-order valence-electron chi connectivity index (χ4n) is 3.39. The smallest absolute Gasteiger partial charge is 0.338 e. The monoisotopic (exact) mass is 446 g/mol. The van der Waals surface area contributed by atoms with Gasteiger partial charge in [-0.25, -0.2) is 9.59 Å². The van der Waals surface area contributed by atoms with E-state index < -0.39 is 17.9 Å². The summed E-state index contributed by atoms with van der Waals surface area (Å²) < 4.78 is 10.1. The highest BCUT2D eigenvalue weighted by atomic mass is 32.2. The van der Waals surface area contributed by atoms with Crippen LogP contribution in [0.4, 0.5) is 0 Å². The molecule has 1 saturated heterocycles. The lowest BCUT2D eigenvalue weighted by Crippen LogP contribution is -2.36. The second-order valence-corrected chi connectivity index (χ2v) is 9.34. The minimum atomic E-state index is -0.630. The third kappa shape index (κ3) is 3.50. The van der Waals surface area contributed by atoms with Crippen molar-refractivity contribution in [1.82, 2.24) is 4.90 Å². The Morgan fingerprint density at radius 1 is 1.10 bits per heavy atom. The zero-order chi connectivity index (χ0) is 20.5. The van der Waals surface area contributed by atoms with E-state index >= 15 is 0 Å². The highest BCUT2D eigenvalue weighted by molar-refractivity contribution is 8.07. The van der Waals surface area contributed by atoms with Crippen molar-refractivity contribution in [3.63, 3.8) is 0 Å². The van der Waals surface area contributed by atoms with Crippen molar-refractivity contribution in [2.75, 3.05) is 20.8 Å². The molecule has 150 valence electrons. The predicted molar refractivity (Wildman–Crippen MR) is 116 cm³/mol. The Kier molecular flexibility index (Phi) is 5.53. The third-order valence-electron chi connectivity index (χ3n) is 4.65. The van der Waals surface area contributed by atoms with Gasteiger partial charge >= 0.3 is 11.9 Å². The van der Waals surface area contributed by atoms with Gasteiger partial charge in [0.05, 0.1) is 42.9 Å². The molecule has 2 aliphatic heterocycles. The van der Waals surface area contributed by atoms with E-state index in [1.807, 2.05) is 35.0 Å². The Bertz CT molecular complexity index is 1040. The number of esters is 2. The molecule has 0 unspecified atom stereocenters. The van der Waals surface area contributed by atoms with Gasteiger partial charge in [0, 0.05) is 14.7 Å². The van der Waals surface area contributed by atoms with Crippen LogP contribution in [0.3, 0.4) is 0 Å². The molecule has 0 radical (unpaired) electrons. The van der Waals surface area contributed by atoms with E-state index in [0.717, 1.165) is 14.7 Å². The average molecular weight is 447 g/mol. The summed E-state index contributed by atoms with van der Waals surface area (Å²) in [5.41, 5.74) is 7.13. The molecule has 4 rings (SSSR count). The quantitative estimate of drug-likeness (QED) is 0.717. The predicted octanol–water partition coefficient (Wildman–Crippen LogP) is 3.72. The van der Waals surface area contributed by atoms with Crippen LogP contribution in [0.2, 0.25) is 0 Å². The van der Waals surface area contributed by atoms with Gasteiger partial charge in [-0.3, -0.25) is 0 Å². The zero-order valence-corrected chi connectivity index (χ0v) is 18.2. The maximum absolute atomic E-state index is 12.9. The van der Waals surface area contributed by atoms with Crippen LogP contribution in [-0.4, -0.2) is 37.6 Å². The van der Waals surface area contributed by atoms with Gasteiger partial charge in [-0.15, -0.1) is 22.7 Å². The molecule has 9 heteroatoms. The van der Waals surface area contributed by atoms with Crippen molar-refractivity contribution < 1.29 is 19.1 Å². The summed E-state index contributed by atoms with van der Waals surface area (Å²) in [5.74, 6) is -1.36. The first kappa shape index (κ1) is 19.8. The lowest BCUT2D eigenvalue weighted by Gasteiger charge is -2.33. The molecule has 4 heterocycles. The van der Waals surface area contributed by atoms with E-state index in [0.29, 0.717) is 23.0 Å². The number of carbonyl (C=O) groups is 2. The number of thiophene rings is 2. The number of nitrogens with two attached hydrogens (primary N) is 1. The number of ether oxygens (including phenoxy) is 2. The van der Waals surface area contributed by atoms with Gasteiger partial charge in [0.15, 0.2) is 0 Å². The maximum atomic E-state index is 12.9. The summed E-state index contributed by atoms with van der Waals surface area (Å²) in [6.45, 7) is 0.474. The van der Waals surface area contributed by atoms with Crippen molar-refractivity contribution in [2.45, 2.75) is 5.92 Å². The number of methoxy groups -OCH3 is 2. The van der Waals surface area contributed by atoms with Crippen LogP contribution in [0.1, 0.15) is 15.7 Å². The molecule has 0 saturated carbocycles. The number of fused-ring (bicyclic) bond motifs is 1. The molecule has 2 N–H and O–H groups in total. The number of rotatable bonds is 4. The van der Waals surface area contributed by atoms with E-state index in [2.05, 4.69) is 6.08 Å². The van der Waals surface area contributed by atoms with Crippen LogP contribution < -0.4 is 5.73 Å². The molecule has 0 spiro atoms. The van der Waals surface area contributed by atoms with Gasteiger partial charge in [-0.1, -0.05) is 23.9 Å². The average Bonchev–Trinajstić information content (AvgIpc) is 3.48. The van der Waals surface area contributed by atoms with Gasteiger partial charge in [0.1, 0.15) is 5.82 Å². The Labute approximate surface area is 180 Å². The van der Waals surface area contributed by atoms with Crippen LogP contribution in [0, 0.1) is 0 Å². The van der Waals surface area contributed by atoms with Crippen LogP contribution in [0.5, 0.6) is 0 Å². The first-order valence-corrected chi connectivity index (χ1v) is 11.3. The second-order valence-electron chi connectivity index (χ2n) is 6.26. The number of carbonyl (C=O) groups excluding carboxylic acids is 2. The Hall–Kier alpha value is -2.49. The number of nitrogens with zero attached hydrogens (tertiary/aromatic N) is 1. The van der Waals surface area contributed by atoms with Crippen LogP contribution in [0.15, 0.2) is 61.9 Å². The highest BCUT2D eigenvalue weighted by Crippen LogP contribution is 2.51. The van der Waals surface area contributed by atoms with Gasteiger partial charge in [-0.05, 0) is 29.0 Å². The van der Waals surface area contributed by atoms with E-state index in [1.54, 1.807) is 16.2 Å². The summed E-state index contributed by atoms with van der Waals surface area (Å²) in [6.07, 6.45) is 2.07. The molecule has 0 bridgehead atoms. The fourth-order valence-corrected chi connectivity index (χ4v) is 6.20. The normalized spacial score (nSPS) is 20.3. The molecule has 0 amide bonds. The zero-order valence-electron chi connectivity index (χ0n) is 15.7. The summed E-state index contributed by atoms with van der Waals surface area (Å²) in [7, 11) is 2.65. The van der Waals surface area contributed by atoms with Crippen molar-refractivity contribution in [3.05, 3.63) is 71.7 Å². The Morgan fingerprint density at radius 3 is 2.41 bits per heavy atom. The minimum absolute atomic E-state index is 0.261. The second kappa shape index (κ2) is 8.10. The van der Waals surface area contributed by atoms with Crippen LogP contribution >= 0.6 is 34.4 Å². The van der Waals surface area contributed by atoms with E-state index in [-0.39, 0.29) is 5.57 Å². The highest BCUT2D eigenvalue weighted by Gasteiger charge is 2.45. The molecule has 0 aliphatic carbocycles. The molecule has 1 atom stereocenters. The lowest BCUT2D eigenvalue weighted by atomic mass is 9.87. The molecule has 1 fully saturated rings. The van der Waals surface area contributed by atoms with Crippen LogP contribution in [-0.2, 0) is 19.1 Å². The first-order valence-electron chi connectivity index (χ1n) is 8.68. The van der Waals surface area contributed by atoms with Gasteiger partial charge in [0.25, 0.3) is 0 Å². The summed E-state index contributed by atoms with van der Waals surface area (Å²) in [6, 6.07) is 7.77. The molecule has 2 aromatic heterocycles. The fraction of sp³-hybridized carbons (Fsp3) is 0.200. The summed E-state index contributed by atoms with van der Waals surface area (Å²) in [4.78, 5) is 30.3. The van der Waals surface area contributed by atoms with E-state index in [4.69, 9.17) is 15.2 Å². The molecule has 2 aromatic rings. The molecule has 29 heavy (non-hydrogen) atoms. The van der Waals surface area contributed by atoms with E-state index in [1.165, 1.54) is 37.3 Å². The largest absolute Gasteiger partial charge is 0.466 e. The van der Waals surface area contributed by atoms with Crippen molar-refractivity contribution in [3.8, 4) is 0 Å². The molecule has 0 aromatic carbocycles. The Morgan fingerprint density at radius 2 is 1.79 bits per heavy atom. The third-order valence-corrected chi connectivity index (χ3v) is 7.55. The molecular formula is C20H18N2O4S3. The first-order chi connectivity index (χ1) is 14.0. The summed E-state index contributed by atoms with van der Waals surface area (Å²) in [5, 5.41) is 4.61. The van der Waals surface area contributed by atoms with Gasteiger partial charge in [-0.2, -0.15) is 0 Å². The lowest BCUT2D eigenvalue weighted by molar-refractivity contribution is -0.137. The SMILES string of the molecule is COC(=O)C1=C(N)N2C/C(=C\c3cccs3)SC2=C(C(=O)OC)[C@@H]1c1cccs1. The number of hydrogen-bond acceptors (Lipinski definition) is 9. The van der Waals surface area contributed by atoms with Crippen molar-refractivity contribution in [1.29, 1.82) is 0 Å². The Balaban J connectivity index is 1.89. The molecular weight excluding hydrogens is 428 g/mol. The number of thioether (sulfide) groups is 1. The standard InChI is InChI=1S/C20H18N2O4S3/c1-25-19(23)15-14(13-6-4-8-28-13)16(20(24)26-2)18-22(17(15)21)10-12(29-18)9-11-5-3-7-27-11/h3-9,14H,10,21H2,1-2H3/b12-9+/t14-/m1/s1. The molecule has 6 nitrogen and oxygen atoms in total. The summed E-state index contributed by atoms with van der Waals surface area (Å²) >= 11 is 4.57. The van der Waals surface area contributed by atoms with E-state index in [9.17, 15) is 9.59 Å². The molecule has 2 aliphatic rings. The topological polar surface area (TPSA) is 81.9 Å². The van der Waals surface area contributed by atoms with Gasteiger partial charge < -0.3 is 20.1 Å². The minimum Gasteiger partial charge on any atom is -0.466 e.